The van der Waals surface area contributed by atoms with Gasteiger partial charge in [-0.2, -0.15) is 11.8 Å². The fourth-order valence-corrected chi connectivity index (χ4v) is 2.07. The van der Waals surface area contributed by atoms with Crippen LogP contribution in [0.5, 0.6) is 0 Å². The Bertz CT molecular complexity index is 272. The van der Waals surface area contributed by atoms with Crippen molar-refractivity contribution >= 4 is 23.7 Å². The molecule has 0 radical (unpaired) electrons. The van der Waals surface area contributed by atoms with Gasteiger partial charge in [-0.25, -0.2) is 4.79 Å². The van der Waals surface area contributed by atoms with Gasteiger partial charge in [0.1, 0.15) is 0 Å². The van der Waals surface area contributed by atoms with Crippen LogP contribution in [0.4, 0.5) is 4.79 Å². The summed E-state index contributed by atoms with van der Waals surface area (Å²) in [4.78, 5) is 22.8. The van der Waals surface area contributed by atoms with E-state index in [1.165, 1.54) is 11.8 Å². The highest BCUT2D eigenvalue weighted by Crippen LogP contribution is 2.10. The molecule has 0 bridgehead atoms. The number of carbonyl (C=O) groups is 2. The van der Waals surface area contributed by atoms with E-state index in [4.69, 9.17) is 5.11 Å². The molecule has 3 atom stereocenters. The predicted molar refractivity (Wildman–Crippen MR) is 73.7 cm³/mol. The van der Waals surface area contributed by atoms with Gasteiger partial charge in [0, 0.05) is 17.8 Å². The Balaban J connectivity index is 4.18. The molecule has 0 aromatic rings. The maximum atomic E-state index is 11.7. The zero-order valence-corrected chi connectivity index (χ0v) is 12.1. The van der Waals surface area contributed by atoms with Crippen molar-refractivity contribution in [3.05, 3.63) is 0 Å². The van der Waals surface area contributed by atoms with Crippen molar-refractivity contribution in [3.63, 3.8) is 0 Å². The van der Waals surface area contributed by atoms with E-state index in [1.807, 2.05) is 13.2 Å². The Morgan fingerprint density at radius 1 is 1.33 bits per heavy atom. The minimum Gasteiger partial charge on any atom is -0.395 e. The van der Waals surface area contributed by atoms with Crippen molar-refractivity contribution < 1.29 is 14.7 Å². The highest BCUT2D eigenvalue weighted by molar-refractivity contribution is 7.99. The van der Waals surface area contributed by atoms with Gasteiger partial charge in [0.2, 0.25) is 5.91 Å². The van der Waals surface area contributed by atoms with Crippen LogP contribution in [0, 0.1) is 0 Å². The summed E-state index contributed by atoms with van der Waals surface area (Å²) in [5.74, 6) is -0.384. The van der Waals surface area contributed by atoms with Crippen LogP contribution in [-0.4, -0.2) is 53.8 Å². The molecule has 7 heteroatoms. The Morgan fingerprint density at radius 2 is 1.94 bits per heavy atom. The highest BCUT2D eigenvalue weighted by atomic mass is 32.2. The Labute approximate surface area is 112 Å². The van der Waals surface area contributed by atoms with E-state index in [0.717, 1.165) is 0 Å². The van der Waals surface area contributed by atoms with Crippen molar-refractivity contribution in [2.24, 2.45) is 0 Å². The van der Waals surface area contributed by atoms with Gasteiger partial charge < -0.3 is 15.7 Å². The van der Waals surface area contributed by atoms with E-state index < -0.39 is 12.1 Å². The van der Waals surface area contributed by atoms with E-state index in [9.17, 15) is 9.59 Å². The quantitative estimate of drug-likeness (QED) is 0.523. The lowest BCUT2D eigenvalue weighted by molar-refractivity contribution is -0.121. The van der Waals surface area contributed by atoms with Crippen LogP contribution in [0.25, 0.3) is 0 Å². The summed E-state index contributed by atoms with van der Waals surface area (Å²) in [6.45, 7) is 5.86. The Morgan fingerprint density at radius 3 is 2.39 bits per heavy atom. The number of aliphatic hydroxyl groups is 1. The molecule has 0 saturated heterocycles. The zero-order valence-electron chi connectivity index (χ0n) is 11.3. The number of imide groups is 1. The normalized spacial score (nSPS) is 15.6. The molecule has 0 aliphatic heterocycles. The second kappa shape index (κ2) is 9.18. The average Bonchev–Trinajstić information content (AvgIpc) is 2.30. The summed E-state index contributed by atoms with van der Waals surface area (Å²) in [6, 6.07) is -1.02. The maximum Gasteiger partial charge on any atom is 0.321 e. The van der Waals surface area contributed by atoms with Crippen LogP contribution < -0.4 is 16.0 Å². The molecule has 3 unspecified atom stereocenters. The number of nitrogens with one attached hydrogen (secondary N) is 3. The largest absolute Gasteiger partial charge is 0.395 e. The minimum atomic E-state index is -0.496. The van der Waals surface area contributed by atoms with Crippen LogP contribution in [0.2, 0.25) is 0 Å². The van der Waals surface area contributed by atoms with Gasteiger partial charge in [-0.05, 0) is 27.0 Å². The molecular weight excluding hydrogens is 254 g/mol. The topological polar surface area (TPSA) is 90.5 Å². The molecule has 0 aromatic carbocycles. The number of aliphatic hydroxyl groups excluding tert-OH is 1. The van der Waals surface area contributed by atoms with Crippen molar-refractivity contribution in [1.82, 2.24) is 16.0 Å². The fraction of sp³-hybridized carbons (Fsp3) is 0.818. The Hall–Kier alpha value is -0.790. The van der Waals surface area contributed by atoms with Crippen molar-refractivity contribution in [2.45, 2.75) is 38.1 Å². The van der Waals surface area contributed by atoms with E-state index >= 15 is 0 Å². The molecule has 106 valence electrons. The standard InChI is InChI=1S/C11H23N3O3S/c1-5-12-11(17)14-10(16)8(3)13-7(2)9(6-15)18-4/h7-9,13,15H,5-6H2,1-4H3,(H2,12,14,16,17). The van der Waals surface area contributed by atoms with E-state index in [2.05, 4.69) is 16.0 Å². The molecule has 3 amide bonds. The molecule has 0 aliphatic carbocycles. The summed E-state index contributed by atoms with van der Waals surface area (Å²) < 4.78 is 0. The third kappa shape index (κ3) is 6.23. The summed E-state index contributed by atoms with van der Waals surface area (Å²) >= 11 is 1.53. The molecule has 18 heavy (non-hydrogen) atoms. The van der Waals surface area contributed by atoms with Gasteiger partial charge in [-0.3, -0.25) is 10.1 Å². The number of hydrogen-bond acceptors (Lipinski definition) is 5. The molecule has 0 aliphatic rings. The first-order valence-corrected chi connectivity index (χ1v) is 7.23. The first kappa shape index (κ1) is 17.2. The number of carbonyl (C=O) groups excluding carboxylic acids is 2. The monoisotopic (exact) mass is 277 g/mol. The summed E-state index contributed by atoms with van der Waals surface area (Å²) in [7, 11) is 0. The van der Waals surface area contributed by atoms with Crippen LogP contribution in [0.1, 0.15) is 20.8 Å². The number of amides is 3. The van der Waals surface area contributed by atoms with Crippen molar-refractivity contribution in [2.75, 3.05) is 19.4 Å². The molecule has 0 aromatic heterocycles. The van der Waals surface area contributed by atoms with Crippen molar-refractivity contribution in [3.8, 4) is 0 Å². The van der Waals surface area contributed by atoms with E-state index in [-0.39, 0.29) is 23.8 Å². The average molecular weight is 277 g/mol. The van der Waals surface area contributed by atoms with Crippen LogP contribution in [0.15, 0.2) is 0 Å². The SMILES string of the molecule is CCNC(=O)NC(=O)C(C)NC(C)C(CO)SC. The number of urea groups is 1. The number of hydrogen-bond donors (Lipinski definition) is 4. The lowest BCUT2D eigenvalue weighted by Crippen LogP contribution is -2.52. The van der Waals surface area contributed by atoms with Gasteiger partial charge in [-0.15, -0.1) is 0 Å². The predicted octanol–water partition coefficient (Wildman–Crippen LogP) is -0.0774. The van der Waals surface area contributed by atoms with Gasteiger partial charge >= 0.3 is 6.03 Å². The van der Waals surface area contributed by atoms with Crippen LogP contribution in [0.3, 0.4) is 0 Å². The molecule has 0 rings (SSSR count). The summed E-state index contributed by atoms with van der Waals surface area (Å²) in [5, 5.41) is 16.9. The first-order chi connectivity index (χ1) is 8.46. The van der Waals surface area contributed by atoms with E-state index in [1.54, 1.807) is 13.8 Å². The molecule has 6 nitrogen and oxygen atoms in total. The van der Waals surface area contributed by atoms with Crippen LogP contribution in [-0.2, 0) is 4.79 Å². The molecule has 0 saturated carbocycles. The van der Waals surface area contributed by atoms with Crippen molar-refractivity contribution in [1.29, 1.82) is 0 Å². The lowest BCUT2D eigenvalue weighted by Gasteiger charge is -2.24. The van der Waals surface area contributed by atoms with Crippen LogP contribution >= 0.6 is 11.8 Å². The van der Waals surface area contributed by atoms with Gasteiger partial charge in [0.05, 0.1) is 12.6 Å². The molecule has 4 N–H and O–H groups in total. The maximum absolute atomic E-state index is 11.7. The molecular formula is C11H23N3O3S. The third-order valence-corrected chi connectivity index (χ3v) is 3.68. The highest BCUT2D eigenvalue weighted by Gasteiger charge is 2.21. The van der Waals surface area contributed by atoms with Gasteiger partial charge in [-0.1, -0.05) is 0 Å². The number of rotatable bonds is 7. The third-order valence-electron chi connectivity index (χ3n) is 2.52. The first-order valence-electron chi connectivity index (χ1n) is 5.94. The molecule has 0 spiro atoms. The Kier molecular flexibility index (Phi) is 8.78. The summed E-state index contributed by atoms with van der Waals surface area (Å²) in [6.07, 6.45) is 1.90. The lowest BCUT2D eigenvalue weighted by atomic mass is 10.2. The molecule has 0 fully saturated rings. The zero-order chi connectivity index (χ0) is 14.1. The fourth-order valence-electron chi connectivity index (χ4n) is 1.44. The second-order valence-corrected chi connectivity index (χ2v) is 5.06. The second-order valence-electron chi connectivity index (χ2n) is 3.98. The molecule has 0 heterocycles. The smallest absolute Gasteiger partial charge is 0.321 e. The van der Waals surface area contributed by atoms with Gasteiger partial charge in [0.25, 0.3) is 0 Å². The minimum absolute atomic E-state index is 0.0183. The van der Waals surface area contributed by atoms with Gasteiger partial charge in [0.15, 0.2) is 0 Å². The number of thioether (sulfide) groups is 1. The van der Waals surface area contributed by atoms with E-state index in [0.29, 0.717) is 6.54 Å². The summed E-state index contributed by atoms with van der Waals surface area (Å²) in [5.41, 5.74) is 0.